The van der Waals surface area contributed by atoms with Crippen molar-refractivity contribution in [3.8, 4) is 17.1 Å². The van der Waals surface area contributed by atoms with Gasteiger partial charge in [-0.05, 0) is 74.3 Å². The van der Waals surface area contributed by atoms with Gasteiger partial charge in [0.2, 0.25) is 10.7 Å². The Labute approximate surface area is 193 Å². The van der Waals surface area contributed by atoms with E-state index in [1.54, 1.807) is 4.68 Å². The van der Waals surface area contributed by atoms with Gasteiger partial charge in [-0.3, -0.25) is 9.36 Å². The lowest BCUT2D eigenvalue weighted by atomic mass is 10.1. The lowest BCUT2D eigenvalue weighted by Gasteiger charge is -2.11. The van der Waals surface area contributed by atoms with Crippen LogP contribution in [0.5, 0.6) is 0 Å². The third kappa shape index (κ3) is 4.27. The molecule has 4 aromatic rings. The molecule has 3 aromatic carbocycles. The number of carbonyl (C=O) groups excluding carboxylic acids is 1. The third-order valence-corrected chi connectivity index (χ3v) is 6.04. The third-order valence-electron chi connectivity index (χ3n) is 5.65. The van der Waals surface area contributed by atoms with Crippen LogP contribution in [0.25, 0.3) is 17.1 Å². The van der Waals surface area contributed by atoms with Gasteiger partial charge in [-0.2, -0.15) is 5.10 Å². The van der Waals surface area contributed by atoms with Crippen LogP contribution in [0.2, 0.25) is 0 Å². The van der Waals surface area contributed by atoms with Crippen molar-refractivity contribution in [3.63, 3.8) is 0 Å². The number of benzene rings is 3. The van der Waals surface area contributed by atoms with Gasteiger partial charge >= 0.3 is 0 Å². The molecule has 0 aliphatic carbocycles. The minimum atomic E-state index is -0.167. The largest absolute Gasteiger partial charge is 0.324 e. The molecular formula is C26H26N4OS. The Balaban J connectivity index is 1.76. The highest BCUT2D eigenvalue weighted by molar-refractivity contribution is 7.71. The van der Waals surface area contributed by atoms with Gasteiger partial charge in [-0.15, -0.1) is 0 Å². The molecule has 0 spiro atoms. The lowest BCUT2D eigenvalue weighted by Crippen LogP contribution is -2.20. The summed E-state index contributed by atoms with van der Waals surface area (Å²) in [5.41, 5.74) is 7.11. The zero-order chi connectivity index (χ0) is 22.8. The minimum absolute atomic E-state index is 0.0317. The van der Waals surface area contributed by atoms with Crippen LogP contribution in [0.4, 0.5) is 5.69 Å². The summed E-state index contributed by atoms with van der Waals surface area (Å²) in [6, 6.07) is 22.0. The van der Waals surface area contributed by atoms with Crippen molar-refractivity contribution in [1.29, 1.82) is 0 Å². The summed E-state index contributed by atoms with van der Waals surface area (Å²) in [4.78, 5) is 12.9. The highest BCUT2D eigenvalue weighted by atomic mass is 32.1. The molecule has 0 bridgehead atoms. The second-order valence-electron chi connectivity index (χ2n) is 8.05. The van der Waals surface area contributed by atoms with Gasteiger partial charge in [0.15, 0.2) is 5.82 Å². The monoisotopic (exact) mass is 442 g/mol. The molecule has 0 atom stereocenters. The van der Waals surface area contributed by atoms with Gasteiger partial charge < -0.3 is 5.32 Å². The summed E-state index contributed by atoms with van der Waals surface area (Å²) in [6.07, 6.45) is 0. The Morgan fingerprint density at radius 1 is 0.938 bits per heavy atom. The molecule has 0 fully saturated rings. The van der Waals surface area contributed by atoms with E-state index in [9.17, 15) is 4.79 Å². The summed E-state index contributed by atoms with van der Waals surface area (Å²) < 4.78 is 4.03. The molecular weight excluding hydrogens is 416 g/mol. The van der Waals surface area contributed by atoms with Gasteiger partial charge in [-0.25, -0.2) is 4.68 Å². The number of aromatic nitrogens is 3. The summed E-state index contributed by atoms with van der Waals surface area (Å²) in [6.45, 7) is 8.16. The van der Waals surface area contributed by atoms with Crippen molar-refractivity contribution in [2.75, 3.05) is 5.32 Å². The Bertz CT molecular complexity index is 1350. The Morgan fingerprint density at radius 2 is 1.69 bits per heavy atom. The SMILES string of the molecule is Cc1ccc(C)c(-n2c(-c3ccccc3)nn(CC(=O)Nc3cccc(C)c3C)c2=S)c1. The molecule has 1 amide bonds. The van der Waals surface area contributed by atoms with E-state index in [4.69, 9.17) is 17.3 Å². The summed E-state index contributed by atoms with van der Waals surface area (Å²) in [5, 5.41) is 7.76. The standard InChI is InChI=1S/C26H26N4OS/c1-17-13-14-19(3)23(15-17)30-25(21-10-6-5-7-11-21)28-29(26(30)32)16-24(31)27-22-12-8-9-18(2)20(22)4/h5-15H,16H2,1-4H3,(H,27,31). The number of aryl methyl sites for hydroxylation is 3. The second kappa shape index (κ2) is 8.93. The van der Waals surface area contributed by atoms with Crippen molar-refractivity contribution < 1.29 is 4.79 Å². The molecule has 0 aliphatic heterocycles. The first-order valence-corrected chi connectivity index (χ1v) is 10.9. The fourth-order valence-corrected chi connectivity index (χ4v) is 3.96. The molecule has 1 N–H and O–H groups in total. The smallest absolute Gasteiger partial charge is 0.246 e. The normalized spacial score (nSPS) is 10.9. The van der Waals surface area contributed by atoms with Crippen LogP contribution < -0.4 is 5.32 Å². The zero-order valence-corrected chi connectivity index (χ0v) is 19.5. The molecule has 5 nitrogen and oxygen atoms in total. The van der Waals surface area contributed by atoms with Gasteiger partial charge in [0.1, 0.15) is 6.54 Å². The molecule has 0 saturated heterocycles. The van der Waals surface area contributed by atoms with Crippen molar-refractivity contribution in [3.05, 3.63) is 93.8 Å². The molecule has 0 saturated carbocycles. The predicted molar refractivity (Wildman–Crippen MR) is 132 cm³/mol. The number of hydrogen-bond donors (Lipinski definition) is 1. The first kappa shape index (κ1) is 21.7. The van der Waals surface area contributed by atoms with Gasteiger partial charge in [0, 0.05) is 11.3 Å². The van der Waals surface area contributed by atoms with E-state index >= 15 is 0 Å². The van der Waals surface area contributed by atoms with E-state index in [0.29, 0.717) is 10.6 Å². The van der Waals surface area contributed by atoms with E-state index < -0.39 is 0 Å². The lowest BCUT2D eigenvalue weighted by molar-refractivity contribution is -0.116. The number of anilines is 1. The average Bonchev–Trinajstić information content (AvgIpc) is 3.09. The van der Waals surface area contributed by atoms with Gasteiger partial charge in [-0.1, -0.05) is 54.6 Å². The maximum Gasteiger partial charge on any atom is 0.246 e. The summed E-state index contributed by atoms with van der Waals surface area (Å²) in [7, 11) is 0. The van der Waals surface area contributed by atoms with Crippen LogP contribution in [-0.4, -0.2) is 20.3 Å². The Kier molecular flexibility index (Phi) is 6.06. The summed E-state index contributed by atoms with van der Waals surface area (Å²) >= 11 is 5.81. The maximum atomic E-state index is 12.9. The first-order chi connectivity index (χ1) is 15.3. The van der Waals surface area contributed by atoms with E-state index in [-0.39, 0.29) is 12.5 Å². The average molecular weight is 443 g/mol. The van der Waals surface area contributed by atoms with Gasteiger partial charge in [0.25, 0.3) is 0 Å². The molecule has 0 radical (unpaired) electrons. The number of rotatable bonds is 5. The van der Waals surface area contributed by atoms with Crippen LogP contribution in [0.15, 0.2) is 66.7 Å². The molecule has 1 aromatic heterocycles. The Morgan fingerprint density at radius 3 is 2.44 bits per heavy atom. The fraction of sp³-hybridized carbons (Fsp3) is 0.192. The van der Waals surface area contributed by atoms with Gasteiger partial charge in [0.05, 0.1) is 5.69 Å². The van der Waals surface area contributed by atoms with Crippen molar-refractivity contribution >= 4 is 23.8 Å². The highest BCUT2D eigenvalue weighted by Crippen LogP contribution is 2.25. The topological polar surface area (TPSA) is 51.9 Å². The summed E-state index contributed by atoms with van der Waals surface area (Å²) in [5.74, 6) is 0.545. The van der Waals surface area contributed by atoms with Crippen molar-refractivity contribution in [1.82, 2.24) is 14.3 Å². The van der Waals surface area contributed by atoms with Crippen molar-refractivity contribution in [2.45, 2.75) is 34.2 Å². The number of amides is 1. The molecule has 4 rings (SSSR count). The molecule has 0 aliphatic rings. The van der Waals surface area contributed by atoms with Crippen LogP contribution in [0.1, 0.15) is 22.3 Å². The molecule has 6 heteroatoms. The maximum absolute atomic E-state index is 12.9. The van der Waals surface area contributed by atoms with Crippen LogP contribution in [-0.2, 0) is 11.3 Å². The quantitative estimate of drug-likeness (QED) is 0.389. The number of carbonyl (C=O) groups is 1. The van der Waals surface area contributed by atoms with Crippen LogP contribution in [0, 0.1) is 32.5 Å². The minimum Gasteiger partial charge on any atom is -0.324 e. The van der Waals surface area contributed by atoms with E-state index in [0.717, 1.165) is 39.2 Å². The highest BCUT2D eigenvalue weighted by Gasteiger charge is 2.18. The Hall–Kier alpha value is -3.51. The predicted octanol–water partition coefficient (Wildman–Crippen LogP) is 5.94. The van der Waals surface area contributed by atoms with E-state index in [1.165, 1.54) is 0 Å². The zero-order valence-electron chi connectivity index (χ0n) is 18.7. The van der Waals surface area contributed by atoms with Crippen molar-refractivity contribution in [2.24, 2.45) is 0 Å². The number of nitrogens with one attached hydrogen (secondary N) is 1. The first-order valence-electron chi connectivity index (χ1n) is 10.5. The molecule has 0 unspecified atom stereocenters. The van der Waals surface area contributed by atoms with Crippen LogP contribution >= 0.6 is 12.2 Å². The number of nitrogens with zero attached hydrogens (tertiary/aromatic N) is 3. The number of hydrogen-bond acceptors (Lipinski definition) is 3. The molecule has 162 valence electrons. The second-order valence-corrected chi connectivity index (χ2v) is 8.42. The fourth-order valence-electron chi connectivity index (χ4n) is 3.67. The van der Waals surface area contributed by atoms with E-state index in [1.807, 2.05) is 66.9 Å². The van der Waals surface area contributed by atoms with E-state index in [2.05, 4.69) is 37.4 Å². The van der Waals surface area contributed by atoms with Crippen LogP contribution in [0.3, 0.4) is 0 Å². The molecule has 1 heterocycles. The molecule has 32 heavy (non-hydrogen) atoms.